The number of hydrogen-bond acceptors (Lipinski definition) is 9. The van der Waals surface area contributed by atoms with Crippen molar-refractivity contribution in [1.82, 2.24) is 19.0 Å². The largest absolute Gasteiger partial charge is 0.379 e. The lowest BCUT2D eigenvalue weighted by Crippen LogP contribution is -2.52. The van der Waals surface area contributed by atoms with Gasteiger partial charge < -0.3 is 14.5 Å². The number of para-hydroxylation sites is 1. The van der Waals surface area contributed by atoms with Crippen molar-refractivity contribution in [2.75, 3.05) is 71.5 Å². The molecule has 3 unspecified atom stereocenters. The molecule has 0 saturated carbocycles. The monoisotopic (exact) mass is 648 g/mol. The van der Waals surface area contributed by atoms with Crippen LogP contribution in [0.4, 0.5) is 16.2 Å². The number of benzene rings is 3. The first-order valence-electron chi connectivity index (χ1n) is 15.4. The number of amides is 3. The molecule has 0 radical (unpaired) electrons. The van der Waals surface area contributed by atoms with E-state index >= 15 is 0 Å². The highest BCUT2D eigenvalue weighted by molar-refractivity contribution is 7.89. The van der Waals surface area contributed by atoms with Gasteiger partial charge >= 0.3 is 6.03 Å². The van der Waals surface area contributed by atoms with E-state index in [-0.39, 0.29) is 19.6 Å². The summed E-state index contributed by atoms with van der Waals surface area (Å²) < 4.78 is 34.6. The average molecular weight is 649 g/mol. The molecule has 1 spiro atoms. The lowest BCUT2D eigenvalue weighted by Gasteiger charge is -2.32. The summed E-state index contributed by atoms with van der Waals surface area (Å²) in [6.45, 7) is 2.91. The molecule has 7 rings (SSSR count). The molecule has 0 bridgehead atoms. The third kappa shape index (κ3) is 4.57. The SMILES string of the molecule is CN(C)c1ccc(C2CC3CN(S(=O)(=O)c4ccccc4[N+](=O)[O-])CC34C(=O)N(CCN3CCOCC3)C(=O)N24)c2ccccc12. The number of ether oxygens (including phenoxy) is 1. The molecule has 4 heterocycles. The normalized spacial score (nSPS) is 25.3. The number of sulfonamides is 1. The van der Waals surface area contributed by atoms with Crippen LogP contribution in [0.25, 0.3) is 10.8 Å². The highest BCUT2D eigenvalue weighted by Crippen LogP contribution is 2.56. The molecule has 13 nitrogen and oxygen atoms in total. The summed E-state index contributed by atoms with van der Waals surface area (Å²) in [5.41, 5.74) is -0.0329. The molecular weight excluding hydrogens is 612 g/mol. The lowest BCUT2D eigenvalue weighted by molar-refractivity contribution is -0.387. The number of morpholine rings is 1. The highest BCUT2D eigenvalue weighted by Gasteiger charge is 2.71. The fourth-order valence-corrected chi connectivity index (χ4v) is 9.50. The summed E-state index contributed by atoms with van der Waals surface area (Å²) >= 11 is 0. The number of carbonyl (C=O) groups is 2. The molecule has 0 aromatic heterocycles. The lowest BCUT2D eigenvalue weighted by atomic mass is 9.87. The Morgan fingerprint density at radius 2 is 1.67 bits per heavy atom. The first-order valence-corrected chi connectivity index (χ1v) is 16.9. The number of urea groups is 1. The third-order valence-electron chi connectivity index (χ3n) is 10.0. The molecule has 3 amide bonds. The highest BCUT2D eigenvalue weighted by atomic mass is 32.2. The molecule has 3 atom stereocenters. The number of fused-ring (bicyclic) bond motifs is 1. The molecule has 0 aliphatic carbocycles. The number of imide groups is 1. The van der Waals surface area contributed by atoms with Crippen LogP contribution in [0.1, 0.15) is 18.0 Å². The number of nitro benzene ring substituents is 1. The summed E-state index contributed by atoms with van der Waals surface area (Å²) in [5.74, 6) is -0.917. The van der Waals surface area contributed by atoms with Crippen molar-refractivity contribution in [2.45, 2.75) is 22.9 Å². The number of nitrogens with zero attached hydrogens (tertiary/aromatic N) is 6. The summed E-state index contributed by atoms with van der Waals surface area (Å²) in [4.78, 5) is 46.6. The second-order valence-electron chi connectivity index (χ2n) is 12.6. The van der Waals surface area contributed by atoms with E-state index in [9.17, 15) is 28.1 Å². The average Bonchev–Trinajstić information content (AvgIpc) is 3.65. The Morgan fingerprint density at radius 1 is 0.978 bits per heavy atom. The second-order valence-corrected chi connectivity index (χ2v) is 14.5. The fourth-order valence-electron chi connectivity index (χ4n) is 7.82. The summed E-state index contributed by atoms with van der Waals surface area (Å²) in [5, 5.41) is 13.7. The van der Waals surface area contributed by atoms with Crippen molar-refractivity contribution in [3.63, 3.8) is 0 Å². The maximum absolute atomic E-state index is 14.5. The van der Waals surface area contributed by atoms with Crippen molar-refractivity contribution in [3.05, 3.63) is 76.3 Å². The van der Waals surface area contributed by atoms with Crippen molar-refractivity contribution < 1.29 is 27.7 Å². The van der Waals surface area contributed by atoms with Gasteiger partial charge in [0.2, 0.25) is 10.0 Å². The maximum Gasteiger partial charge on any atom is 0.328 e. The van der Waals surface area contributed by atoms with Crippen LogP contribution in [0.3, 0.4) is 0 Å². The Labute approximate surface area is 267 Å². The molecule has 0 N–H and O–H groups in total. The van der Waals surface area contributed by atoms with Crippen LogP contribution in [-0.4, -0.2) is 116 Å². The zero-order valence-corrected chi connectivity index (χ0v) is 26.6. The predicted molar refractivity (Wildman–Crippen MR) is 170 cm³/mol. The van der Waals surface area contributed by atoms with Crippen LogP contribution in [0.2, 0.25) is 0 Å². The van der Waals surface area contributed by atoms with Crippen molar-refractivity contribution in [3.8, 4) is 0 Å². The minimum Gasteiger partial charge on any atom is -0.379 e. The predicted octanol–water partition coefficient (Wildman–Crippen LogP) is 2.91. The van der Waals surface area contributed by atoms with Gasteiger partial charge in [0.25, 0.3) is 11.6 Å². The number of nitro groups is 1. The number of carbonyl (C=O) groups excluding carboxylic acids is 2. The van der Waals surface area contributed by atoms with Crippen LogP contribution in [-0.2, 0) is 19.6 Å². The van der Waals surface area contributed by atoms with Gasteiger partial charge in [-0.25, -0.2) is 13.2 Å². The van der Waals surface area contributed by atoms with Crippen molar-refractivity contribution in [1.29, 1.82) is 0 Å². The summed E-state index contributed by atoms with van der Waals surface area (Å²) in [6.07, 6.45) is 0.378. The van der Waals surface area contributed by atoms with E-state index in [1.54, 1.807) is 4.90 Å². The van der Waals surface area contributed by atoms with Gasteiger partial charge in [-0.2, -0.15) is 4.31 Å². The van der Waals surface area contributed by atoms with Crippen molar-refractivity contribution >= 4 is 44.1 Å². The Hall–Kier alpha value is -4.11. The zero-order valence-electron chi connectivity index (χ0n) is 25.7. The minimum atomic E-state index is -4.36. The quantitative estimate of drug-likeness (QED) is 0.205. The standard InChI is InChI=1S/C32H36N6O7S/c1-33(2)26-12-11-25(23-7-3-4-8-24(23)26)28-19-22-20-35(46(43,44)29-10-6-5-9-27(29)38(41)42)21-32(22)30(39)36(31(40)37(28)32)14-13-34-15-17-45-18-16-34/h3-12,22,28H,13-21H2,1-2H3. The zero-order chi connectivity index (χ0) is 32.4. The summed E-state index contributed by atoms with van der Waals surface area (Å²) in [6, 6.07) is 16.3. The van der Waals surface area contributed by atoms with Crippen LogP contribution < -0.4 is 4.90 Å². The van der Waals surface area contributed by atoms with E-state index in [1.807, 2.05) is 55.4 Å². The third-order valence-corrected chi connectivity index (χ3v) is 11.9. The molecule has 4 saturated heterocycles. The van der Waals surface area contributed by atoms with Gasteiger partial charge in [-0.1, -0.05) is 42.5 Å². The van der Waals surface area contributed by atoms with Gasteiger partial charge in [-0.3, -0.25) is 24.7 Å². The second kappa shape index (κ2) is 11.3. The minimum absolute atomic E-state index is 0.0363. The van der Waals surface area contributed by atoms with Crippen LogP contribution in [0.15, 0.2) is 65.6 Å². The van der Waals surface area contributed by atoms with Crippen LogP contribution in [0.5, 0.6) is 0 Å². The summed E-state index contributed by atoms with van der Waals surface area (Å²) in [7, 11) is -0.425. The van der Waals surface area contributed by atoms with E-state index in [0.29, 0.717) is 39.3 Å². The molecule has 46 heavy (non-hydrogen) atoms. The number of hydrogen-bond donors (Lipinski definition) is 0. The van der Waals surface area contributed by atoms with Gasteiger partial charge in [-0.15, -0.1) is 0 Å². The van der Waals surface area contributed by atoms with Gasteiger partial charge in [0, 0.05) is 76.4 Å². The van der Waals surface area contributed by atoms with Crippen molar-refractivity contribution in [2.24, 2.45) is 5.92 Å². The van der Waals surface area contributed by atoms with E-state index in [2.05, 4.69) is 4.90 Å². The van der Waals surface area contributed by atoms with Crippen LogP contribution >= 0.6 is 0 Å². The van der Waals surface area contributed by atoms with E-state index < -0.39 is 55.0 Å². The molecule has 242 valence electrons. The topological polar surface area (TPSA) is 137 Å². The molecule has 3 aromatic carbocycles. The molecule has 4 fully saturated rings. The molecular formula is C32H36N6O7S. The van der Waals surface area contributed by atoms with Crippen LogP contribution in [0, 0.1) is 16.0 Å². The number of rotatable bonds is 8. The van der Waals surface area contributed by atoms with E-state index in [4.69, 9.17) is 4.74 Å². The molecule has 4 aliphatic rings. The smallest absolute Gasteiger partial charge is 0.328 e. The first kappa shape index (κ1) is 30.5. The van der Waals surface area contributed by atoms with Gasteiger partial charge in [-0.05, 0) is 29.5 Å². The molecule has 14 heteroatoms. The van der Waals surface area contributed by atoms with E-state index in [0.717, 1.165) is 32.4 Å². The Morgan fingerprint density at radius 3 is 2.39 bits per heavy atom. The Bertz CT molecular complexity index is 1850. The van der Waals surface area contributed by atoms with E-state index in [1.165, 1.54) is 23.1 Å². The first-order chi connectivity index (χ1) is 22.1. The maximum atomic E-state index is 14.5. The molecule has 3 aromatic rings. The van der Waals surface area contributed by atoms with Gasteiger partial charge in [0.1, 0.15) is 5.54 Å². The fraction of sp³-hybridized carbons (Fsp3) is 0.438. The Balaban J connectivity index is 1.30. The number of anilines is 1. The Kier molecular flexibility index (Phi) is 7.50. The molecule has 4 aliphatic heterocycles. The van der Waals surface area contributed by atoms with Gasteiger partial charge in [0.15, 0.2) is 4.90 Å². The van der Waals surface area contributed by atoms with Gasteiger partial charge in [0.05, 0.1) is 24.2 Å².